The fourth-order valence-electron chi connectivity index (χ4n) is 4.33. The van der Waals surface area contributed by atoms with Crippen LogP contribution in [0.3, 0.4) is 0 Å². The van der Waals surface area contributed by atoms with Gasteiger partial charge in [0.1, 0.15) is 5.76 Å². The SMILES string of the molecule is Cc1cc(NC(=O)CN2CCN(C(=O)C3CC34CCNCC4)CC2)no1. The molecule has 26 heavy (non-hydrogen) atoms. The molecule has 1 aromatic heterocycles. The minimum atomic E-state index is -0.103. The quantitative estimate of drug-likeness (QED) is 0.810. The smallest absolute Gasteiger partial charge is 0.239 e. The first-order valence-corrected chi connectivity index (χ1v) is 9.51. The van der Waals surface area contributed by atoms with Crippen molar-refractivity contribution in [3.63, 3.8) is 0 Å². The third-order valence-corrected chi connectivity index (χ3v) is 6.03. The summed E-state index contributed by atoms with van der Waals surface area (Å²) in [7, 11) is 0. The van der Waals surface area contributed by atoms with Gasteiger partial charge in [0.05, 0.1) is 6.54 Å². The molecule has 8 heteroatoms. The number of amides is 2. The molecule has 2 aliphatic heterocycles. The topological polar surface area (TPSA) is 90.7 Å². The van der Waals surface area contributed by atoms with E-state index in [0.717, 1.165) is 45.4 Å². The van der Waals surface area contributed by atoms with Crippen LogP contribution in [0.5, 0.6) is 0 Å². The van der Waals surface area contributed by atoms with Gasteiger partial charge >= 0.3 is 0 Å². The van der Waals surface area contributed by atoms with Gasteiger partial charge in [0.25, 0.3) is 0 Å². The Kier molecular flexibility index (Phi) is 4.71. The standard InChI is InChI=1S/C18H27N5O3/c1-13-10-15(21-26-13)20-16(24)12-22-6-8-23(9-7-22)17(25)14-11-18(14)2-4-19-5-3-18/h10,14,19H,2-9,11-12H2,1H3,(H,20,21,24). The van der Waals surface area contributed by atoms with Gasteiger partial charge in [-0.2, -0.15) is 0 Å². The molecule has 142 valence electrons. The highest BCUT2D eigenvalue weighted by molar-refractivity contribution is 5.91. The Morgan fingerprint density at radius 1 is 1.31 bits per heavy atom. The summed E-state index contributed by atoms with van der Waals surface area (Å²) < 4.78 is 4.95. The van der Waals surface area contributed by atoms with Gasteiger partial charge in [-0.05, 0) is 44.7 Å². The van der Waals surface area contributed by atoms with Gasteiger partial charge in [-0.25, -0.2) is 0 Å². The van der Waals surface area contributed by atoms with Crippen LogP contribution in [0.1, 0.15) is 25.0 Å². The van der Waals surface area contributed by atoms with Crippen LogP contribution >= 0.6 is 0 Å². The maximum atomic E-state index is 12.8. The lowest BCUT2D eigenvalue weighted by atomic mass is 9.91. The van der Waals surface area contributed by atoms with E-state index in [1.165, 1.54) is 0 Å². The molecule has 3 aliphatic rings. The van der Waals surface area contributed by atoms with Crippen molar-refractivity contribution in [2.45, 2.75) is 26.2 Å². The number of anilines is 1. The number of carbonyl (C=O) groups excluding carboxylic acids is 2. The minimum absolute atomic E-state index is 0.103. The molecule has 1 spiro atoms. The zero-order valence-electron chi connectivity index (χ0n) is 15.3. The lowest BCUT2D eigenvalue weighted by Gasteiger charge is -2.35. The number of hydrogen-bond donors (Lipinski definition) is 2. The van der Waals surface area contributed by atoms with Crippen LogP contribution in [0.4, 0.5) is 5.82 Å². The van der Waals surface area contributed by atoms with Gasteiger partial charge in [-0.1, -0.05) is 5.16 Å². The van der Waals surface area contributed by atoms with Gasteiger partial charge in [-0.15, -0.1) is 0 Å². The highest BCUT2D eigenvalue weighted by Gasteiger charge is 2.58. The minimum Gasteiger partial charge on any atom is -0.360 e. The molecule has 1 aliphatic carbocycles. The molecular formula is C18H27N5O3. The molecular weight excluding hydrogens is 334 g/mol. The molecule has 2 N–H and O–H groups in total. The molecule has 1 atom stereocenters. The third kappa shape index (κ3) is 3.61. The van der Waals surface area contributed by atoms with Gasteiger partial charge in [0.2, 0.25) is 11.8 Å². The third-order valence-electron chi connectivity index (χ3n) is 6.03. The lowest BCUT2D eigenvalue weighted by Crippen LogP contribution is -2.51. The van der Waals surface area contributed by atoms with Crippen LogP contribution in [0.25, 0.3) is 0 Å². The zero-order valence-corrected chi connectivity index (χ0v) is 15.3. The molecule has 0 aromatic carbocycles. The van der Waals surface area contributed by atoms with Crippen molar-refractivity contribution < 1.29 is 14.1 Å². The van der Waals surface area contributed by atoms with Crippen LogP contribution in [-0.4, -0.2) is 72.6 Å². The number of aryl methyl sites for hydroxylation is 1. The number of piperazine rings is 1. The van der Waals surface area contributed by atoms with E-state index >= 15 is 0 Å². The van der Waals surface area contributed by atoms with E-state index < -0.39 is 0 Å². The Bertz CT molecular complexity index is 674. The number of piperidine rings is 1. The van der Waals surface area contributed by atoms with Crippen molar-refractivity contribution in [2.75, 3.05) is 51.1 Å². The zero-order chi connectivity index (χ0) is 18.1. The molecule has 1 saturated carbocycles. The maximum absolute atomic E-state index is 12.8. The van der Waals surface area contributed by atoms with Gasteiger partial charge < -0.3 is 20.1 Å². The van der Waals surface area contributed by atoms with Crippen LogP contribution in [0.2, 0.25) is 0 Å². The van der Waals surface area contributed by atoms with E-state index in [4.69, 9.17) is 4.52 Å². The fourth-order valence-corrected chi connectivity index (χ4v) is 4.33. The summed E-state index contributed by atoms with van der Waals surface area (Å²) >= 11 is 0. The molecule has 2 saturated heterocycles. The highest BCUT2D eigenvalue weighted by Crippen LogP contribution is 2.59. The lowest BCUT2D eigenvalue weighted by molar-refractivity contribution is -0.135. The first-order valence-electron chi connectivity index (χ1n) is 9.51. The van der Waals surface area contributed by atoms with Crippen LogP contribution in [0, 0.1) is 18.3 Å². The normalized spacial score (nSPS) is 25.3. The second kappa shape index (κ2) is 7.00. The van der Waals surface area contributed by atoms with Crippen molar-refractivity contribution in [1.82, 2.24) is 20.3 Å². The van der Waals surface area contributed by atoms with Crippen molar-refractivity contribution >= 4 is 17.6 Å². The van der Waals surface area contributed by atoms with E-state index in [0.29, 0.717) is 37.1 Å². The molecule has 0 radical (unpaired) electrons. The van der Waals surface area contributed by atoms with Gasteiger partial charge in [0, 0.05) is 38.2 Å². The second-order valence-electron chi connectivity index (χ2n) is 7.84. The van der Waals surface area contributed by atoms with Crippen molar-refractivity contribution in [3.05, 3.63) is 11.8 Å². The van der Waals surface area contributed by atoms with Crippen molar-refractivity contribution in [3.8, 4) is 0 Å². The van der Waals surface area contributed by atoms with Gasteiger partial charge in [0.15, 0.2) is 5.82 Å². The average Bonchev–Trinajstić information content (AvgIpc) is 3.16. The molecule has 2 amide bonds. The van der Waals surface area contributed by atoms with Crippen molar-refractivity contribution in [2.24, 2.45) is 11.3 Å². The summed E-state index contributed by atoms with van der Waals surface area (Å²) in [6.07, 6.45) is 3.32. The van der Waals surface area contributed by atoms with Crippen LogP contribution < -0.4 is 10.6 Å². The Balaban J connectivity index is 1.21. The summed E-state index contributed by atoms with van der Waals surface area (Å²) in [5.74, 6) is 1.57. The summed E-state index contributed by atoms with van der Waals surface area (Å²) in [6.45, 7) is 7.06. The number of nitrogens with one attached hydrogen (secondary N) is 2. The van der Waals surface area contributed by atoms with Crippen molar-refractivity contribution in [1.29, 1.82) is 0 Å². The first kappa shape index (κ1) is 17.5. The van der Waals surface area contributed by atoms with E-state index in [-0.39, 0.29) is 17.2 Å². The predicted molar refractivity (Wildman–Crippen MR) is 95.5 cm³/mol. The first-order chi connectivity index (χ1) is 12.6. The number of hydrogen-bond acceptors (Lipinski definition) is 6. The molecule has 3 heterocycles. The summed E-state index contributed by atoms with van der Waals surface area (Å²) in [6, 6.07) is 1.70. The molecule has 4 rings (SSSR count). The number of nitrogens with zero attached hydrogens (tertiary/aromatic N) is 3. The van der Waals surface area contributed by atoms with E-state index in [1.807, 2.05) is 4.90 Å². The molecule has 1 aromatic rings. The maximum Gasteiger partial charge on any atom is 0.239 e. The number of aromatic nitrogens is 1. The van der Waals surface area contributed by atoms with E-state index in [2.05, 4.69) is 20.7 Å². The van der Waals surface area contributed by atoms with E-state index in [9.17, 15) is 9.59 Å². The second-order valence-corrected chi connectivity index (χ2v) is 7.84. The largest absolute Gasteiger partial charge is 0.360 e. The Labute approximate surface area is 153 Å². The van der Waals surface area contributed by atoms with Crippen LogP contribution in [0.15, 0.2) is 10.6 Å². The summed E-state index contributed by atoms with van der Waals surface area (Å²) in [5, 5.41) is 9.89. The Morgan fingerprint density at radius 3 is 2.69 bits per heavy atom. The molecule has 0 bridgehead atoms. The summed E-state index contributed by atoms with van der Waals surface area (Å²) in [4.78, 5) is 29.0. The molecule has 8 nitrogen and oxygen atoms in total. The summed E-state index contributed by atoms with van der Waals surface area (Å²) in [5.41, 5.74) is 0.287. The molecule has 3 fully saturated rings. The predicted octanol–water partition coefficient (Wildman–Crippen LogP) is 0.455. The average molecular weight is 361 g/mol. The fraction of sp³-hybridized carbons (Fsp3) is 0.722. The monoisotopic (exact) mass is 361 g/mol. The Hall–Kier alpha value is -1.93. The Morgan fingerprint density at radius 2 is 2.04 bits per heavy atom. The highest BCUT2D eigenvalue weighted by atomic mass is 16.5. The number of carbonyl (C=O) groups is 2. The van der Waals surface area contributed by atoms with E-state index in [1.54, 1.807) is 13.0 Å². The van der Waals surface area contributed by atoms with Crippen LogP contribution in [-0.2, 0) is 9.59 Å². The number of rotatable bonds is 4. The van der Waals surface area contributed by atoms with Gasteiger partial charge in [-0.3, -0.25) is 14.5 Å². The molecule has 1 unspecified atom stereocenters.